The zero-order valence-corrected chi connectivity index (χ0v) is 22.0. The molecule has 1 aromatic heterocycles. The number of benzene rings is 2. The molecule has 2 aromatic carbocycles. The first-order valence-electron chi connectivity index (χ1n) is 13.2. The fraction of sp³-hybridized carbons (Fsp3) is 0.536. The Morgan fingerprint density at radius 3 is 2.03 bits per heavy atom. The summed E-state index contributed by atoms with van der Waals surface area (Å²) in [6, 6.07) is 12.0. The first-order chi connectivity index (χ1) is 17.3. The summed E-state index contributed by atoms with van der Waals surface area (Å²) >= 11 is 0. The number of sulfone groups is 1. The van der Waals surface area contributed by atoms with Gasteiger partial charge in [0.15, 0.2) is 9.84 Å². The van der Waals surface area contributed by atoms with Gasteiger partial charge in [-0.15, -0.1) is 0 Å². The first kappa shape index (κ1) is 24.1. The van der Waals surface area contributed by atoms with E-state index in [1.807, 2.05) is 7.05 Å². The highest BCUT2D eigenvalue weighted by Crippen LogP contribution is 2.36. The summed E-state index contributed by atoms with van der Waals surface area (Å²) in [7, 11) is -1.46. The van der Waals surface area contributed by atoms with Gasteiger partial charge >= 0.3 is 0 Å². The second-order valence-electron chi connectivity index (χ2n) is 11.0. The summed E-state index contributed by atoms with van der Waals surface area (Å²) in [6.07, 6.45) is 8.65. The molecule has 0 spiro atoms. The van der Waals surface area contributed by atoms with Crippen LogP contribution < -0.4 is 0 Å². The van der Waals surface area contributed by atoms with Crippen molar-refractivity contribution in [1.82, 2.24) is 19.4 Å². The molecule has 6 nitrogen and oxygen atoms in total. The fourth-order valence-electron chi connectivity index (χ4n) is 6.32. The Morgan fingerprint density at radius 2 is 1.44 bits per heavy atom. The highest BCUT2D eigenvalue weighted by atomic mass is 32.2. The predicted molar refractivity (Wildman–Crippen MR) is 140 cm³/mol. The number of imidazole rings is 1. The standard InChI is InChI=1S/C28H35FN4O2S/c1-31-27-25(29)17-21(18-26(27)30-28(31)20-3-7-24(8-4-20)36(2,34)35)19-9-13-32(14-10-19)23-11-15-33(16-12-23)22-5-6-22/h3-4,7-8,17-19,22-23H,5-6,9-16H2,1-2H3. The molecule has 8 heteroatoms. The number of hydrogen-bond acceptors (Lipinski definition) is 5. The molecule has 0 bridgehead atoms. The van der Waals surface area contributed by atoms with Crippen LogP contribution in [0.1, 0.15) is 50.0 Å². The quantitative estimate of drug-likeness (QED) is 0.503. The van der Waals surface area contributed by atoms with E-state index in [0.717, 1.165) is 43.1 Å². The number of piperidine rings is 2. The zero-order chi connectivity index (χ0) is 25.0. The summed E-state index contributed by atoms with van der Waals surface area (Å²) in [6.45, 7) is 4.66. The molecule has 2 aliphatic heterocycles. The van der Waals surface area contributed by atoms with E-state index in [4.69, 9.17) is 4.98 Å². The van der Waals surface area contributed by atoms with Crippen LogP contribution in [-0.2, 0) is 16.9 Å². The third-order valence-electron chi connectivity index (χ3n) is 8.57. The van der Waals surface area contributed by atoms with Gasteiger partial charge in [0, 0.05) is 31.0 Å². The molecule has 3 aromatic rings. The molecule has 1 saturated carbocycles. The van der Waals surface area contributed by atoms with Gasteiger partial charge in [0.1, 0.15) is 17.2 Å². The molecule has 0 radical (unpaired) electrons. The van der Waals surface area contributed by atoms with Crippen molar-refractivity contribution in [3.05, 3.63) is 47.8 Å². The van der Waals surface area contributed by atoms with Gasteiger partial charge in [-0.1, -0.05) is 0 Å². The van der Waals surface area contributed by atoms with Crippen LogP contribution in [0, 0.1) is 5.82 Å². The Labute approximate surface area is 213 Å². The SMILES string of the molecule is Cn1c(-c2ccc(S(C)(=O)=O)cc2)nc2cc(C3CCN(C4CCN(C5CC5)CC4)CC3)cc(F)c21. The third kappa shape index (κ3) is 4.59. The molecular formula is C28H35FN4O2S. The molecule has 0 amide bonds. The minimum Gasteiger partial charge on any atom is -0.325 e. The summed E-state index contributed by atoms with van der Waals surface area (Å²) in [5.41, 5.74) is 2.95. The van der Waals surface area contributed by atoms with E-state index in [1.54, 1.807) is 34.9 Å². The number of halogens is 1. The number of hydrogen-bond donors (Lipinski definition) is 0. The van der Waals surface area contributed by atoms with E-state index >= 15 is 4.39 Å². The number of aromatic nitrogens is 2. The largest absolute Gasteiger partial charge is 0.325 e. The maximum absolute atomic E-state index is 15.3. The molecule has 36 heavy (non-hydrogen) atoms. The van der Waals surface area contributed by atoms with Crippen LogP contribution in [0.25, 0.3) is 22.4 Å². The monoisotopic (exact) mass is 510 g/mol. The van der Waals surface area contributed by atoms with Gasteiger partial charge in [-0.25, -0.2) is 17.8 Å². The Kier molecular flexibility index (Phi) is 6.17. The van der Waals surface area contributed by atoms with Gasteiger partial charge in [-0.2, -0.15) is 0 Å². The maximum Gasteiger partial charge on any atom is 0.175 e. The van der Waals surface area contributed by atoms with E-state index in [2.05, 4.69) is 15.9 Å². The third-order valence-corrected chi connectivity index (χ3v) is 9.69. The molecule has 3 heterocycles. The van der Waals surface area contributed by atoms with Crippen molar-refractivity contribution in [1.29, 1.82) is 0 Å². The van der Waals surface area contributed by atoms with Crippen molar-refractivity contribution in [3.8, 4) is 11.4 Å². The molecule has 2 saturated heterocycles. The van der Waals surface area contributed by atoms with Gasteiger partial charge in [0.25, 0.3) is 0 Å². The fourth-order valence-corrected chi connectivity index (χ4v) is 6.95. The first-order valence-corrected chi connectivity index (χ1v) is 15.1. The lowest BCUT2D eigenvalue weighted by Crippen LogP contribution is -2.47. The van der Waals surface area contributed by atoms with Crippen molar-refractivity contribution < 1.29 is 12.8 Å². The van der Waals surface area contributed by atoms with Crippen molar-refractivity contribution in [3.63, 3.8) is 0 Å². The number of aryl methyl sites for hydroxylation is 1. The van der Waals surface area contributed by atoms with Crippen molar-refractivity contribution >= 4 is 20.9 Å². The van der Waals surface area contributed by atoms with Gasteiger partial charge < -0.3 is 14.4 Å². The van der Waals surface area contributed by atoms with Crippen LogP contribution in [0.15, 0.2) is 41.3 Å². The molecule has 0 unspecified atom stereocenters. The van der Waals surface area contributed by atoms with Crippen LogP contribution in [0.4, 0.5) is 4.39 Å². The van der Waals surface area contributed by atoms with Crippen LogP contribution >= 0.6 is 0 Å². The summed E-state index contributed by atoms with van der Waals surface area (Å²) in [5.74, 6) is 0.742. The summed E-state index contributed by atoms with van der Waals surface area (Å²) in [4.78, 5) is 10.4. The maximum atomic E-state index is 15.3. The van der Waals surface area contributed by atoms with Crippen LogP contribution in [0.5, 0.6) is 0 Å². The Bertz CT molecular complexity index is 1360. The van der Waals surface area contributed by atoms with Gasteiger partial charge in [0.05, 0.1) is 10.4 Å². The van der Waals surface area contributed by atoms with Crippen molar-refractivity contribution in [2.24, 2.45) is 7.05 Å². The molecule has 0 atom stereocenters. The minimum absolute atomic E-state index is 0.244. The summed E-state index contributed by atoms with van der Waals surface area (Å²) in [5, 5.41) is 0. The lowest BCUT2D eigenvalue weighted by atomic mass is 9.87. The summed E-state index contributed by atoms with van der Waals surface area (Å²) < 4.78 is 40.7. The van der Waals surface area contributed by atoms with E-state index in [1.165, 1.54) is 45.0 Å². The molecule has 192 valence electrons. The zero-order valence-electron chi connectivity index (χ0n) is 21.2. The Balaban J connectivity index is 1.17. The second-order valence-corrected chi connectivity index (χ2v) is 13.0. The van der Waals surface area contributed by atoms with Crippen molar-refractivity contribution in [2.45, 2.75) is 61.4 Å². The lowest BCUT2D eigenvalue weighted by Gasteiger charge is -2.42. The lowest BCUT2D eigenvalue weighted by molar-refractivity contribution is 0.0844. The second kappa shape index (κ2) is 9.23. The van der Waals surface area contributed by atoms with Crippen LogP contribution in [-0.4, -0.2) is 72.3 Å². The Morgan fingerprint density at radius 1 is 0.861 bits per heavy atom. The number of nitrogens with zero attached hydrogens (tertiary/aromatic N) is 4. The molecular weight excluding hydrogens is 475 g/mol. The molecule has 1 aliphatic carbocycles. The highest BCUT2D eigenvalue weighted by molar-refractivity contribution is 7.90. The van der Waals surface area contributed by atoms with Gasteiger partial charge in [-0.3, -0.25) is 0 Å². The van der Waals surface area contributed by atoms with E-state index in [-0.39, 0.29) is 10.7 Å². The average Bonchev–Trinajstić information content (AvgIpc) is 3.67. The average molecular weight is 511 g/mol. The number of fused-ring (bicyclic) bond motifs is 1. The van der Waals surface area contributed by atoms with Gasteiger partial charge in [-0.05, 0) is 113 Å². The molecule has 3 aliphatic rings. The molecule has 0 N–H and O–H groups in total. The minimum atomic E-state index is -3.27. The normalized spacial score (nSPS) is 21.4. The topological polar surface area (TPSA) is 58.4 Å². The van der Waals surface area contributed by atoms with Crippen LogP contribution in [0.2, 0.25) is 0 Å². The molecule has 6 rings (SSSR count). The predicted octanol–water partition coefficient (Wildman–Crippen LogP) is 4.59. The number of rotatable bonds is 5. The van der Waals surface area contributed by atoms with Gasteiger partial charge in [0.2, 0.25) is 0 Å². The Hall–Kier alpha value is -2.29. The smallest absolute Gasteiger partial charge is 0.175 e. The van der Waals surface area contributed by atoms with Crippen LogP contribution in [0.3, 0.4) is 0 Å². The van der Waals surface area contributed by atoms with E-state index in [0.29, 0.717) is 28.8 Å². The number of likely N-dealkylation sites (tertiary alicyclic amines) is 2. The molecule has 3 fully saturated rings. The van der Waals surface area contributed by atoms with E-state index < -0.39 is 9.84 Å². The highest BCUT2D eigenvalue weighted by Gasteiger charge is 2.34. The van der Waals surface area contributed by atoms with E-state index in [9.17, 15) is 8.42 Å². The van der Waals surface area contributed by atoms with Crippen molar-refractivity contribution in [2.75, 3.05) is 32.4 Å².